The molecule has 286 valence electrons. The molecule has 8 rings (SSSR count). The number of fused-ring (bicyclic) bond motifs is 6. The molecule has 2 aliphatic heterocycles. The number of nitrogens with zero attached hydrogens (tertiary/aromatic N) is 4. The van der Waals surface area contributed by atoms with Crippen molar-refractivity contribution >= 4 is 56.4 Å². The second kappa shape index (κ2) is 13.7. The van der Waals surface area contributed by atoms with Gasteiger partial charge in [0.25, 0.3) is 5.56 Å². The fourth-order valence-corrected chi connectivity index (χ4v) is 10.6. The molecule has 7 heteroatoms. The second-order valence-corrected chi connectivity index (χ2v) is 16.6. The lowest BCUT2D eigenvalue weighted by atomic mass is 9.75. The molecule has 6 nitrogen and oxygen atoms in total. The smallest absolute Gasteiger partial charge is 0.261 e. The molecule has 0 N–H and O–H groups in total. The fourth-order valence-electron chi connectivity index (χ4n) is 10.2. The molecule has 5 aromatic rings. The van der Waals surface area contributed by atoms with Gasteiger partial charge in [-0.05, 0) is 135 Å². The normalized spacial score (nSPS) is 18.6. The highest BCUT2D eigenvalue weighted by atomic mass is 32.1. The molecule has 0 unspecified atom stereocenters. The van der Waals surface area contributed by atoms with Crippen molar-refractivity contribution in [3.63, 3.8) is 0 Å². The van der Waals surface area contributed by atoms with E-state index < -0.39 is 5.41 Å². The first kappa shape index (κ1) is 37.6. The zero-order chi connectivity index (χ0) is 39.8. The van der Waals surface area contributed by atoms with Gasteiger partial charge < -0.3 is 14.6 Å². The molecule has 0 saturated carbocycles. The molecule has 1 aromatic heterocycles. The highest BCUT2D eigenvalue weighted by molar-refractivity contribution is 7.71. The van der Waals surface area contributed by atoms with Crippen LogP contribution in [-0.2, 0) is 23.9 Å². The van der Waals surface area contributed by atoms with Crippen LogP contribution in [0.25, 0.3) is 27.1 Å². The van der Waals surface area contributed by atoms with Crippen molar-refractivity contribution in [3.8, 4) is 5.88 Å². The lowest BCUT2D eigenvalue weighted by Gasteiger charge is -2.27. The maximum absolute atomic E-state index is 14.6. The number of anilines is 1. The Morgan fingerprint density at radius 1 is 0.804 bits per heavy atom. The second-order valence-electron chi connectivity index (χ2n) is 16.3. The maximum atomic E-state index is 14.6. The first-order valence-corrected chi connectivity index (χ1v) is 20.6. The maximum Gasteiger partial charge on any atom is 0.261 e. The van der Waals surface area contributed by atoms with Gasteiger partial charge in [-0.2, -0.15) is 4.58 Å². The molecule has 56 heavy (non-hydrogen) atoms. The Morgan fingerprint density at radius 3 is 2.05 bits per heavy atom. The van der Waals surface area contributed by atoms with Gasteiger partial charge in [-0.25, -0.2) is 0 Å². The van der Waals surface area contributed by atoms with Gasteiger partial charge in [-0.15, -0.1) is 0 Å². The summed E-state index contributed by atoms with van der Waals surface area (Å²) in [4.78, 5) is 17.0. The lowest BCUT2D eigenvalue weighted by molar-refractivity contribution is -0.433. The van der Waals surface area contributed by atoms with E-state index in [1.807, 2.05) is 13.8 Å². The molecule has 0 amide bonds. The van der Waals surface area contributed by atoms with Gasteiger partial charge in [-0.1, -0.05) is 81.1 Å². The Kier molecular flexibility index (Phi) is 9.23. The van der Waals surface area contributed by atoms with Crippen molar-refractivity contribution in [2.24, 2.45) is 0 Å². The molecule has 4 aromatic carbocycles. The summed E-state index contributed by atoms with van der Waals surface area (Å²) in [6.45, 7) is 24.6. The van der Waals surface area contributed by atoms with Gasteiger partial charge in [0.05, 0.1) is 11.0 Å². The van der Waals surface area contributed by atoms with E-state index in [2.05, 4.69) is 136 Å². The van der Waals surface area contributed by atoms with Crippen molar-refractivity contribution in [1.82, 2.24) is 9.13 Å². The molecule has 0 spiro atoms. The van der Waals surface area contributed by atoms with Gasteiger partial charge in [0.15, 0.2) is 10.5 Å². The van der Waals surface area contributed by atoms with Gasteiger partial charge in [0.1, 0.15) is 6.54 Å². The van der Waals surface area contributed by atoms with Crippen molar-refractivity contribution in [3.05, 3.63) is 146 Å². The average molecular weight is 761 g/mol. The van der Waals surface area contributed by atoms with Crippen LogP contribution in [0.1, 0.15) is 84.9 Å². The van der Waals surface area contributed by atoms with Crippen molar-refractivity contribution in [2.45, 2.75) is 92.2 Å². The quantitative estimate of drug-likeness (QED) is 0.117. The molecule has 3 aliphatic rings. The minimum Gasteiger partial charge on any atom is -0.859 e. The summed E-state index contributed by atoms with van der Waals surface area (Å²) in [5.74, 6) is -0.333. The number of aromatic nitrogens is 2. The van der Waals surface area contributed by atoms with Gasteiger partial charge in [0.2, 0.25) is 5.69 Å². The lowest BCUT2D eigenvalue weighted by Crippen LogP contribution is -2.32. The van der Waals surface area contributed by atoms with E-state index in [0.29, 0.717) is 31.5 Å². The highest BCUT2D eigenvalue weighted by Crippen LogP contribution is 2.52. The van der Waals surface area contributed by atoms with E-state index in [9.17, 15) is 9.90 Å². The summed E-state index contributed by atoms with van der Waals surface area (Å²) >= 11 is 5.73. The van der Waals surface area contributed by atoms with Crippen molar-refractivity contribution < 1.29 is 9.68 Å². The summed E-state index contributed by atoms with van der Waals surface area (Å²) in [5, 5.41) is 19.5. The molecule has 1 aliphatic carbocycles. The van der Waals surface area contributed by atoms with E-state index in [-0.39, 0.29) is 27.2 Å². The van der Waals surface area contributed by atoms with Gasteiger partial charge in [0, 0.05) is 53.6 Å². The van der Waals surface area contributed by atoms with Crippen LogP contribution in [0.15, 0.2) is 119 Å². The van der Waals surface area contributed by atoms with E-state index in [1.165, 1.54) is 49.7 Å². The monoisotopic (exact) mass is 760 g/mol. The van der Waals surface area contributed by atoms with Gasteiger partial charge in [-0.3, -0.25) is 9.36 Å². The Morgan fingerprint density at radius 2 is 1.43 bits per heavy atom. The molecule has 0 atom stereocenters. The van der Waals surface area contributed by atoms with E-state index in [0.717, 1.165) is 35.5 Å². The number of likely N-dealkylation sites (N-methyl/N-ethyl adjacent to an activating group) is 1. The molecule has 0 bridgehead atoms. The summed E-state index contributed by atoms with van der Waals surface area (Å²) < 4.78 is 5.80. The van der Waals surface area contributed by atoms with Crippen LogP contribution in [0.2, 0.25) is 0 Å². The molecular weight excluding hydrogens is 709 g/mol. The largest absolute Gasteiger partial charge is 0.859 e. The predicted octanol–water partition coefficient (Wildman–Crippen LogP) is 10.6. The topological polar surface area (TPSA) is 56.2 Å². The third-order valence-corrected chi connectivity index (χ3v) is 13.1. The third kappa shape index (κ3) is 5.30. The zero-order valence-corrected chi connectivity index (χ0v) is 34.9. The van der Waals surface area contributed by atoms with E-state index in [1.54, 1.807) is 9.13 Å². The molecular formula is C49H52N4O2S. The Balaban J connectivity index is 1.37. The zero-order valence-electron chi connectivity index (χ0n) is 34.0. The molecule has 3 heterocycles. The third-order valence-electron chi connectivity index (χ3n) is 12.7. The number of allylic oxidation sites excluding steroid dienone is 7. The number of hydrogen-bond acceptors (Lipinski definition) is 4. The number of hydrogen-bond donors (Lipinski definition) is 0. The average Bonchev–Trinajstić information content (AvgIpc) is 3.78. The minimum atomic E-state index is -0.391. The SMILES string of the molecule is C=C(C1=C(c2c([O-])n(CC)c(=S)n(CC)c2=O)/C(=C/C=C2/N(CC)c3ccc4ccccc4c3C2(C)C)CC1)C1=[N+](CC)c2ccc3ccccc3c2C1(C)C. The summed E-state index contributed by atoms with van der Waals surface area (Å²) in [6.07, 6.45) is 5.76. The van der Waals surface area contributed by atoms with Crippen LogP contribution in [0, 0.1) is 4.77 Å². The van der Waals surface area contributed by atoms with Crippen LogP contribution in [0.3, 0.4) is 0 Å². The number of benzene rings is 4. The first-order chi connectivity index (χ1) is 26.8. The van der Waals surface area contributed by atoms with Gasteiger partial charge >= 0.3 is 0 Å². The predicted molar refractivity (Wildman–Crippen MR) is 234 cm³/mol. The fraction of sp³-hybridized carbons (Fsp3) is 0.327. The van der Waals surface area contributed by atoms with E-state index in [4.69, 9.17) is 18.8 Å². The highest BCUT2D eigenvalue weighted by Gasteiger charge is 2.49. The Bertz CT molecular complexity index is 2770. The van der Waals surface area contributed by atoms with Crippen LogP contribution < -0.4 is 15.6 Å². The minimum absolute atomic E-state index is 0.190. The summed E-state index contributed by atoms with van der Waals surface area (Å²) in [6, 6.07) is 26.1. The van der Waals surface area contributed by atoms with Crippen molar-refractivity contribution in [2.75, 3.05) is 18.0 Å². The van der Waals surface area contributed by atoms with Crippen LogP contribution in [-0.4, -0.2) is 32.5 Å². The van der Waals surface area contributed by atoms with Crippen LogP contribution in [0.5, 0.6) is 5.88 Å². The standard InChI is InChI=1S/C49H52N4O2S/c1-10-50-37-27-23-31-18-14-16-20-35(31)42(37)48(6,7)39(50)29-25-33-22-26-34(40(33)41-45(54)52(12-3)47(56)53(13-4)46(41)55)30(5)44-49(8,9)43-36-21-17-15-19-32(36)24-28-38(43)51(44)11-2/h14-21,23-25,27-29H,5,10-13,22,26H2,1-4,6-9H3/b33-25+,39-29+. The first-order valence-electron chi connectivity index (χ1n) is 20.2. The summed E-state index contributed by atoms with van der Waals surface area (Å²) in [7, 11) is 0. The molecule has 0 saturated heterocycles. The Hall–Kier alpha value is -5.27. The molecule has 0 radical (unpaired) electrons. The Labute approximate surface area is 335 Å². The van der Waals surface area contributed by atoms with Crippen LogP contribution in [0.4, 0.5) is 11.4 Å². The van der Waals surface area contributed by atoms with E-state index >= 15 is 0 Å². The number of rotatable bonds is 8. The van der Waals surface area contributed by atoms with Crippen molar-refractivity contribution in [1.29, 1.82) is 0 Å². The summed E-state index contributed by atoms with van der Waals surface area (Å²) in [5.41, 5.74) is 10.0. The van der Waals surface area contributed by atoms with Crippen LogP contribution >= 0.6 is 12.2 Å². The molecule has 0 fully saturated rings.